The fraction of sp³-hybridized carbons (Fsp3) is 0.429. The summed E-state index contributed by atoms with van der Waals surface area (Å²) in [6, 6.07) is 9.82. The Morgan fingerprint density at radius 1 is 1.56 bits per heavy atom. The molecule has 2 rings (SSSR count). The number of benzene rings is 1. The molecule has 4 heteroatoms. The average molecular weight is 259 g/mol. The molecular weight excluding hydrogens is 242 g/mol. The lowest BCUT2D eigenvalue weighted by atomic mass is 10.1. The van der Waals surface area contributed by atoms with Crippen LogP contribution in [0, 0.1) is 17.2 Å². The van der Waals surface area contributed by atoms with Gasteiger partial charge >= 0.3 is 0 Å². The number of amidine groups is 1. The van der Waals surface area contributed by atoms with E-state index < -0.39 is 0 Å². The summed E-state index contributed by atoms with van der Waals surface area (Å²) in [6.45, 7) is 6.09. The predicted molar refractivity (Wildman–Crippen MR) is 76.5 cm³/mol. The second-order valence-electron chi connectivity index (χ2n) is 4.71. The number of aliphatic imine (C=N–C) groups is 1. The van der Waals surface area contributed by atoms with E-state index in [0.29, 0.717) is 16.7 Å². The van der Waals surface area contributed by atoms with Crippen LogP contribution in [0.4, 0.5) is 0 Å². The minimum Gasteiger partial charge on any atom is -0.361 e. The number of nitrogens with zero attached hydrogens (tertiary/aromatic N) is 2. The van der Waals surface area contributed by atoms with Crippen LogP contribution in [0.15, 0.2) is 29.3 Å². The van der Waals surface area contributed by atoms with E-state index in [-0.39, 0.29) is 0 Å². The fourth-order valence-corrected chi connectivity index (χ4v) is 2.78. The molecule has 1 N–H and O–H groups in total. The Morgan fingerprint density at radius 2 is 2.39 bits per heavy atom. The van der Waals surface area contributed by atoms with Crippen LogP contribution in [-0.2, 0) is 6.54 Å². The van der Waals surface area contributed by atoms with Crippen molar-refractivity contribution in [3.05, 3.63) is 35.4 Å². The van der Waals surface area contributed by atoms with E-state index in [4.69, 9.17) is 5.26 Å². The van der Waals surface area contributed by atoms with Crippen molar-refractivity contribution in [2.75, 3.05) is 6.54 Å². The van der Waals surface area contributed by atoms with Crippen LogP contribution < -0.4 is 5.32 Å². The first kappa shape index (κ1) is 13.0. The van der Waals surface area contributed by atoms with Gasteiger partial charge in [-0.1, -0.05) is 37.7 Å². The molecule has 0 bridgehead atoms. The molecule has 0 radical (unpaired) electrons. The lowest BCUT2D eigenvalue weighted by Gasteiger charge is -2.12. The molecule has 1 unspecified atom stereocenters. The maximum absolute atomic E-state index is 8.84. The van der Waals surface area contributed by atoms with E-state index in [0.717, 1.165) is 23.8 Å². The van der Waals surface area contributed by atoms with Crippen molar-refractivity contribution in [3.8, 4) is 6.07 Å². The largest absolute Gasteiger partial charge is 0.361 e. The highest BCUT2D eigenvalue weighted by molar-refractivity contribution is 8.14. The van der Waals surface area contributed by atoms with Crippen LogP contribution in [0.2, 0.25) is 0 Å². The molecule has 94 valence electrons. The Labute approximate surface area is 112 Å². The van der Waals surface area contributed by atoms with Gasteiger partial charge in [-0.15, -0.1) is 0 Å². The summed E-state index contributed by atoms with van der Waals surface area (Å²) in [4.78, 5) is 4.50. The van der Waals surface area contributed by atoms with E-state index in [2.05, 4.69) is 30.2 Å². The van der Waals surface area contributed by atoms with E-state index in [1.807, 2.05) is 36.0 Å². The van der Waals surface area contributed by atoms with Crippen molar-refractivity contribution >= 4 is 16.9 Å². The minimum atomic E-state index is 0.595. The van der Waals surface area contributed by atoms with Gasteiger partial charge in [-0.3, -0.25) is 4.99 Å². The molecule has 0 spiro atoms. The molecule has 18 heavy (non-hydrogen) atoms. The van der Waals surface area contributed by atoms with Crippen LogP contribution >= 0.6 is 11.8 Å². The molecule has 1 aliphatic rings. The van der Waals surface area contributed by atoms with Gasteiger partial charge in [0.1, 0.15) is 0 Å². The first-order chi connectivity index (χ1) is 8.69. The fourth-order valence-electron chi connectivity index (χ4n) is 1.76. The third-order valence-electron chi connectivity index (χ3n) is 2.92. The highest BCUT2D eigenvalue weighted by atomic mass is 32.2. The highest BCUT2D eigenvalue weighted by Crippen LogP contribution is 2.25. The molecular formula is C14H17N3S. The van der Waals surface area contributed by atoms with E-state index >= 15 is 0 Å². The second-order valence-corrected chi connectivity index (χ2v) is 5.94. The number of rotatable bonds is 3. The number of hydrogen-bond donors (Lipinski definition) is 1. The van der Waals surface area contributed by atoms with Crippen molar-refractivity contribution in [1.82, 2.24) is 5.32 Å². The van der Waals surface area contributed by atoms with Crippen LogP contribution in [0.25, 0.3) is 0 Å². The Kier molecular flexibility index (Phi) is 4.27. The monoisotopic (exact) mass is 259 g/mol. The summed E-state index contributed by atoms with van der Waals surface area (Å²) in [5.74, 6) is 0.653. The summed E-state index contributed by atoms with van der Waals surface area (Å²) in [5.41, 5.74) is 1.82. The van der Waals surface area contributed by atoms with Gasteiger partial charge in [-0.05, 0) is 23.6 Å². The molecule has 1 aliphatic heterocycles. The van der Waals surface area contributed by atoms with Crippen molar-refractivity contribution < 1.29 is 0 Å². The van der Waals surface area contributed by atoms with Crippen molar-refractivity contribution in [3.63, 3.8) is 0 Å². The Bertz CT molecular complexity index is 488. The SMILES string of the molecule is CC(C)C1CN=C(NCc2cccc(C#N)c2)S1. The van der Waals surface area contributed by atoms with E-state index in [9.17, 15) is 0 Å². The standard InChI is InChI=1S/C14H17N3S/c1-10(2)13-9-17-14(18-13)16-8-12-5-3-4-11(6-12)7-15/h3-6,10,13H,8-9H2,1-2H3,(H,16,17). The lowest BCUT2D eigenvalue weighted by Crippen LogP contribution is -2.20. The maximum atomic E-state index is 8.84. The average Bonchev–Trinajstić information content (AvgIpc) is 2.85. The number of hydrogen-bond acceptors (Lipinski definition) is 4. The normalized spacial score (nSPS) is 18.6. The lowest BCUT2D eigenvalue weighted by molar-refractivity contribution is 0.621. The molecule has 1 aromatic rings. The molecule has 0 saturated carbocycles. The Balaban J connectivity index is 1.87. The Morgan fingerprint density at radius 3 is 3.06 bits per heavy atom. The highest BCUT2D eigenvalue weighted by Gasteiger charge is 2.21. The second kappa shape index (κ2) is 5.92. The molecule has 1 atom stereocenters. The first-order valence-electron chi connectivity index (χ1n) is 6.13. The van der Waals surface area contributed by atoms with Crippen molar-refractivity contribution in [1.29, 1.82) is 5.26 Å². The van der Waals surface area contributed by atoms with Crippen LogP contribution in [0.1, 0.15) is 25.0 Å². The van der Waals surface area contributed by atoms with E-state index in [1.165, 1.54) is 0 Å². The van der Waals surface area contributed by atoms with Crippen molar-refractivity contribution in [2.45, 2.75) is 25.6 Å². The molecule has 3 nitrogen and oxygen atoms in total. The summed E-state index contributed by atoms with van der Waals surface area (Å²) in [5, 5.41) is 13.8. The quantitative estimate of drug-likeness (QED) is 0.908. The molecule has 1 aromatic carbocycles. The van der Waals surface area contributed by atoms with Crippen LogP contribution in [0.3, 0.4) is 0 Å². The smallest absolute Gasteiger partial charge is 0.157 e. The number of nitrogens with one attached hydrogen (secondary N) is 1. The molecule has 0 fully saturated rings. The summed E-state index contributed by atoms with van der Waals surface area (Å²) in [6.07, 6.45) is 0. The zero-order valence-corrected chi connectivity index (χ0v) is 11.5. The van der Waals surface area contributed by atoms with Crippen LogP contribution in [0.5, 0.6) is 0 Å². The Hall–Kier alpha value is -1.47. The zero-order chi connectivity index (χ0) is 13.0. The molecule has 0 saturated heterocycles. The molecule has 0 aliphatic carbocycles. The topological polar surface area (TPSA) is 48.2 Å². The van der Waals surface area contributed by atoms with Gasteiger partial charge in [-0.2, -0.15) is 5.26 Å². The third-order valence-corrected chi connectivity index (χ3v) is 4.41. The zero-order valence-electron chi connectivity index (χ0n) is 10.7. The summed E-state index contributed by atoms with van der Waals surface area (Å²) >= 11 is 1.82. The van der Waals surface area contributed by atoms with Gasteiger partial charge in [0.05, 0.1) is 18.2 Å². The molecule has 0 aromatic heterocycles. The third kappa shape index (κ3) is 3.27. The maximum Gasteiger partial charge on any atom is 0.157 e. The first-order valence-corrected chi connectivity index (χ1v) is 7.01. The summed E-state index contributed by atoms with van der Waals surface area (Å²) < 4.78 is 0. The van der Waals surface area contributed by atoms with Gasteiger partial charge in [0.25, 0.3) is 0 Å². The van der Waals surface area contributed by atoms with Gasteiger partial charge in [0.2, 0.25) is 0 Å². The van der Waals surface area contributed by atoms with Gasteiger partial charge in [-0.25, -0.2) is 0 Å². The van der Waals surface area contributed by atoms with Crippen molar-refractivity contribution in [2.24, 2.45) is 10.9 Å². The van der Waals surface area contributed by atoms with Gasteiger partial charge < -0.3 is 5.32 Å². The number of nitriles is 1. The molecule has 1 heterocycles. The van der Waals surface area contributed by atoms with E-state index in [1.54, 1.807) is 0 Å². The van der Waals surface area contributed by atoms with Gasteiger partial charge in [0, 0.05) is 11.8 Å². The summed E-state index contributed by atoms with van der Waals surface area (Å²) in [7, 11) is 0. The number of thioether (sulfide) groups is 1. The van der Waals surface area contributed by atoms with Gasteiger partial charge in [0.15, 0.2) is 5.17 Å². The molecule has 0 amide bonds. The minimum absolute atomic E-state index is 0.595. The predicted octanol–water partition coefficient (Wildman–Crippen LogP) is 2.78. The van der Waals surface area contributed by atoms with Crippen LogP contribution in [-0.4, -0.2) is 17.0 Å².